The van der Waals surface area contributed by atoms with Gasteiger partial charge in [0.15, 0.2) is 0 Å². The number of pyridine rings is 1. The molecule has 0 bridgehead atoms. The Hall–Kier alpha value is -6.19. The number of fused-ring (bicyclic) bond motifs is 3. The number of benzene rings is 3. The van der Waals surface area contributed by atoms with Gasteiger partial charge in [-0.3, -0.25) is 19.8 Å². The number of piperidine rings is 1. The minimum Gasteiger partial charge on any atom is -0.468 e. The van der Waals surface area contributed by atoms with Gasteiger partial charge >= 0.3 is 0 Å². The molecule has 1 aliphatic carbocycles. The van der Waals surface area contributed by atoms with E-state index in [1.165, 1.54) is 29.7 Å². The lowest BCUT2D eigenvalue weighted by Gasteiger charge is -2.56. The Balaban J connectivity index is 0.861. The maximum Gasteiger partial charge on any atom is 0.293 e. The summed E-state index contributed by atoms with van der Waals surface area (Å²) in [5, 5.41) is 16.3. The summed E-state index contributed by atoms with van der Waals surface area (Å²) in [4.78, 5) is 41.0. The van der Waals surface area contributed by atoms with Crippen LogP contribution in [0.5, 0.6) is 5.88 Å². The van der Waals surface area contributed by atoms with Crippen LogP contribution in [0.3, 0.4) is 0 Å². The molecular formula is C53H60N8O8S. The highest BCUT2D eigenvalue weighted by Gasteiger charge is 2.50. The number of aromatic amines is 1. The van der Waals surface area contributed by atoms with E-state index >= 15 is 0 Å². The molecule has 5 aliphatic heterocycles. The summed E-state index contributed by atoms with van der Waals surface area (Å²) in [6, 6.07) is 22.3. The Morgan fingerprint density at radius 1 is 0.986 bits per heavy atom. The molecule has 3 N–H and O–H groups in total. The maximum absolute atomic E-state index is 14.6. The molecule has 0 unspecified atom stereocenters. The number of nitrogens with zero attached hydrogens (tertiary/aromatic N) is 5. The normalized spacial score (nSPS) is 22.8. The van der Waals surface area contributed by atoms with Crippen LogP contribution >= 0.6 is 0 Å². The van der Waals surface area contributed by atoms with Gasteiger partial charge in [-0.15, -0.1) is 6.42 Å². The third-order valence-electron chi connectivity index (χ3n) is 16.1. The molecule has 5 aromatic rings. The van der Waals surface area contributed by atoms with Crippen molar-refractivity contribution in [2.24, 2.45) is 11.3 Å². The molecule has 70 heavy (non-hydrogen) atoms. The standard InChI is InChI=1S/C53H60N8O8S/c1-4-52(2,3)41-9-6-5-8-39(41)43-10-7-21-59(43)37-29-53(30-37)18-22-58(23-19-53)36-11-13-40(44(27-36)60-46-26-35-15-20-54-49(35)56-51(46)69-48-33-68-32-47(48)60)50(62)57-70(65,66)38-12-14-42(45(28-38)61(63)64)55-31-34-16-24-67-25-17-34/h1,5-6,8-9,11-15,20,26-28,34,37,43,47-48,55H,7,10,16-19,21-25,29-33H2,2-3H3,(H,54,56)(H,57,62)/t43-,47+,48+/m0/s1. The molecule has 366 valence electrons. The molecule has 0 radical (unpaired) electrons. The van der Waals surface area contributed by atoms with Crippen molar-refractivity contribution in [1.29, 1.82) is 0 Å². The van der Waals surface area contributed by atoms with E-state index in [1.807, 2.05) is 29.2 Å². The molecule has 16 nitrogen and oxygen atoms in total. The van der Waals surface area contributed by atoms with Gasteiger partial charge in [0.1, 0.15) is 23.1 Å². The van der Waals surface area contributed by atoms with Gasteiger partial charge < -0.3 is 34.3 Å². The number of amides is 1. The van der Waals surface area contributed by atoms with Gasteiger partial charge in [0.25, 0.3) is 21.6 Å². The number of hydrogen-bond donors (Lipinski definition) is 3. The number of H-pyrrole nitrogens is 1. The summed E-state index contributed by atoms with van der Waals surface area (Å²) >= 11 is 0. The largest absolute Gasteiger partial charge is 0.468 e. The molecule has 6 aliphatic rings. The van der Waals surface area contributed by atoms with E-state index in [4.69, 9.17) is 25.6 Å². The molecule has 2 aromatic heterocycles. The Bertz CT molecular complexity index is 2980. The van der Waals surface area contributed by atoms with E-state index in [0.717, 1.165) is 81.7 Å². The van der Waals surface area contributed by atoms with Crippen LogP contribution in [0.4, 0.5) is 28.4 Å². The van der Waals surface area contributed by atoms with Crippen LogP contribution in [0.2, 0.25) is 0 Å². The molecule has 3 atom stereocenters. The van der Waals surface area contributed by atoms with Crippen LogP contribution in [0.25, 0.3) is 11.0 Å². The molecule has 11 rings (SSSR count). The number of nitro groups is 1. The van der Waals surface area contributed by atoms with Gasteiger partial charge in [-0.25, -0.2) is 13.1 Å². The first-order valence-electron chi connectivity index (χ1n) is 24.7. The van der Waals surface area contributed by atoms with Crippen molar-refractivity contribution in [1.82, 2.24) is 19.6 Å². The summed E-state index contributed by atoms with van der Waals surface area (Å²) in [6.07, 6.45) is 15.8. The zero-order valence-electron chi connectivity index (χ0n) is 39.7. The third kappa shape index (κ3) is 8.52. The molecule has 4 saturated heterocycles. The lowest BCUT2D eigenvalue weighted by atomic mass is 9.59. The second kappa shape index (κ2) is 18.2. The van der Waals surface area contributed by atoms with Crippen molar-refractivity contribution >= 4 is 55.4 Å². The molecule has 1 spiro atoms. The molecular weight excluding hydrogens is 909 g/mol. The Morgan fingerprint density at radius 2 is 1.79 bits per heavy atom. The highest BCUT2D eigenvalue weighted by atomic mass is 32.2. The number of aromatic nitrogens is 2. The minimum atomic E-state index is -4.60. The van der Waals surface area contributed by atoms with Crippen molar-refractivity contribution in [2.45, 2.75) is 99.8 Å². The number of carbonyl (C=O) groups is 1. The number of terminal acetylenes is 1. The third-order valence-corrected chi connectivity index (χ3v) is 17.4. The van der Waals surface area contributed by atoms with Crippen molar-refractivity contribution in [3.05, 3.63) is 106 Å². The molecule has 3 aromatic carbocycles. The fraction of sp³-hybridized carbons (Fsp3) is 0.472. The quantitative estimate of drug-likeness (QED) is 0.0618. The number of nitro benzene ring substituents is 1. The Labute approximate surface area is 408 Å². The van der Waals surface area contributed by atoms with Crippen LogP contribution in [-0.2, 0) is 24.9 Å². The number of carbonyl (C=O) groups excluding carboxylic acids is 1. The SMILES string of the molecule is C#CC(C)(C)c1ccccc1[C@@H]1CCCN1C1CC2(CCN(c3ccc(C(=O)NS(=O)(=O)c4ccc(NCC5CCOCC5)c([N+](=O)[O-])c4)c(N4c5cc6cc[nH]c6nc5O[C@@H]5COC[C@H]54)c3)CC2)C1. The second-order valence-corrected chi connectivity index (χ2v) is 22.4. The van der Waals surface area contributed by atoms with E-state index in [0.29, 0.717) is 68.0 Å². The summed E-state index contributed by atoms with van der Waals surface area (Å²) in [5.74, 6) is 2.79. The van der Waals surface area contributed by atoms with E-state index in [2.05, 4.69) is 68.9 Å². The monoisotopic (exact) mass is 968 g/mol. The molecule has 1 amide bonds. The summed E-state index contributed by atoms with van der Waals surface area (Å²) in [6.45, 7) is 9.36. The van der Waals surface area contributed by atoms with Gasteiger partial charge in [0.2, 0.25) is 5.88 Å². The van der Waals surface area contributed by atoms with Crippen LogP contribution in [0, 0.1) is 33.8 Å². The van der Waals surface area contributed by atoms with E-state index in [9.17, 15) is 23.3 Å². The van der Waals surface area contributed by atoms with Gasteiger partial charge in [-0.2, -0.15) is 4.98 Å². The van der Waals surface area contributed by atoms with Crippen LogP contribution in [-0.4, -0.2) is 105 Å². The predicted molar refractivity (Wildman–Crippen MR) is 267 cm³/mol. The summed E-state index contributed by atoms with van der Waals surface area (Å²) < 4.78 is 48.3. The maximum atomic E-state index is 14.6. The van der Waals surface area contributed by atoms with Gasteiger partial charge in [-0.1, -0.05) is 30.2 Å². The fourth-order valence-corrected chi connectivity index (χ4v) is 13.1. The fourth-order valence-electron chi connectivity index (χ4n) is 12.1. The number of hydrogen-bond acceptors (Lipinski definition) is 13. The highest BCUT2D eigenvalue weighted by molar-refractivity contribution is 7.90. The van der Waals surface area contributed by atoms with Crippen molar-refractivity contribution in [3.8, 4) is 18.2 Å². The average Bonchev–Trinajstić information content (AvgIpc) is 4.15. The molecule has 7 heterocycles. The van der Waals surface area contributed by atoms with Crippen molar-refractivity contribution in [2.75, 3.05) is 67.7 Å². The van der Waals surface area contributed by atoms with E-state index in [1.54, 1.807) is 12.3 Å². The smallest absolute Gasteiger partial charge is 0.293 e. The average molecular weight is 969 g/mol. The number of nitrogens with one attached hydrogen (secondary N) is 3. The van der Waals surface area contributed by atoms with Crippen LogP contribution in [0.1, 0.15) is 92.7 Å². The Kier molecular flexibility index (Phi) is 12.0. The van der Waals surface area contributed by atoms with E-state index < -0.39 is 37.5 Å². The predicted octanol–water partition coefficient (Wildman–Crippen LogP) is 8.22. The zero-order valence-corrected chi connectivity index (χ0v) is 40.5. The summed E-state index contributed by atoms with van der Waals surface area (Å²) in [7, 11) is -4.60. The zero-order chi connectivity index (χ0) is 48.4. The topological polar surface area (TPSA) is 184 Å². The lowest BCUT2D eigenvalue weighted by Crippen LogP contribution is -2.55. The number of anilines is 4. The number of ether oxygens (including phenoxy) is 3. The molecule has 5 fully saturated rings. The number of rotatable bonds is 12. The van der Waals surface area contributed by atoms with Gasteiger partial charge in [0, 0.05) is 68.3 Å². The molecule has 17 heteroatoms. The van der Waals surface area contributed by atoms with Crippen LogP contribution in [0.15, 0.2) is 83.9 Å². The van der Waals surface area contributed by atoms with Gasteiger partial charge in [0.05, 0.1) is 45.7 Å². The first-order valence-corrected chi connectivity index (χ1v) is 26.2. The first-order chi connectivity index (χ1) is 33.8. The lowest BCUT2D eigenvalue weighted by molar-refractivity contribution is -0.384. The minimum absolute atomic E-state index is 0.104. The van der Waals surface area contributed by atoms with E-state index in [-0.39, 0.29) is 34.0 Å². The number of sulfonamides is 1. The van der Waals surface area contributed by atoms with Gasteiger partial charge in [-0.05, 0) is 137 Å². The summed E-state index contributed by atoms with van der Waals surface area (Å²) in [5.41, 5.74) is 5.07. The number of likely N-dealkylation sites (tertiary alicyclic amines) is 1. The molecule has 1 saturated carbocycles. The van der Waals surface area contributed by atoms with Crippen LogP contribution < -0.4 is 24.6 Å². The Morgan fingerprint density at radius 3 is 2.57 bits per heavy atom. The first kappa shape index (κ1) is 46.2. The second-order valence-electron chi connectivity index (χ2n) is 20.7. The van der Waals surface area contributed by atoms with Crippen molar-refractivity contribution < 1.29 is 32.3 Å². The van der Waals surface area contributed by atoms with Crippen molar-refractivity contribution in [3.63, 3.8) is 0 Å². The highest BCUT2D eigenvalue weighted by Crippen LogP contribution is 2.55.